The molecule has 0 aliphatic heterocycles. The van der Waals surface area contributed by atoms with Crippen molar-refractivity contribution >= 4 is 66.0 Å². The number of hydrogen-bond donors (Lipinski definition) is 13. The van der Waals surface area contributed by atoms with Crippen molar-refractivity contribution in [2.45, 2.75) is 167 Å². The van der Waals surface area contributed by atoms with Crippen LogP contribution in [0.5, 0.6) is 17.2 Å². The average molecular weight is 1470 g/mol. The Morgan fingerprint density at radius 3 is 1.22 bits per heavy atom. The number of halogens is 9. The third-order valence-electron chi connectivity index (χ3n) is 14.3. The van der Waals surface area contributed by atoms with Crippen molar-refractivity contribution in [3.8, 4) is 17.2 Å². The fourth-order valence-corrected chi connectivity index (χ4v) is 9.03. The summed E-state index contributed by atoms with van der Waals surface area (Å²) in [4.78, 5) is 107. The Morgan fingerprint density at radius 1 is 0.515 bits per heavy atom. The van der Waals surface area contributed by atoms with Gasteiger partial charge in [0.05, 0.1) is 19.8 Å². The van der Waals surface area contributed by atoms with Crippen LogP contribution in [-0.2, 0) is 57.6 Å². The lowest BCUT2D eigenvalue weighted by atomic mass is 9.95. The van der Waals surface area contributed by atoms with Gasteiger partial charge in [0, 0.05) is 42.4 Å². The van der Waals surface area contributed by atoms with Crippen LogP contribution < -0.4 is 58.0 Å². The van der Waals surface area contributed by atoms with Crippen molar-refractivity contribution in [3.05, 3.63) is 125 Å². The molecule has 8 atom stereocenters. The second-order valence-corrected chi connectivity index (χ2v) is 24.1. The number of carboxylic acids is 4. The molecular weight excluding hydrogens is 1380 g/mol. The number of aliphatic carboxylic acids is 4. The fraction of sp³-hybridized carbons (Fsp3) is 0.507. The summed E-state index contributed by atoms with van der Waals surface area (Å²) in [6.07, 6.45) is -11.0. The van der Waals surface area contributed by atoms with E-state index in [0.717, 1.165) is 16.7 Å². The standard InChI is InChI=1S/C61H88N8O10S.3C2HF3O2/c1-7-41(6)55(60(74)67-49(61(75)76)32-39(2)3)69-59(73)54(40(4)5)68-58(72)50(38-80)66-53(70)24-17-28-65-57(71)45-36-51(77-29-25-46(62)33-42-18-11-8-12-19-42)56(79-31-27-48(64)35-44-22-15-10-16-23-44)52(37-45)78-30-26-47(63)34-43-20-13-9-14-21-43;3*3-2(4,5)1(6)7/h8-16,18-23,36-37,39-41,46-50,54-55,80H,7,17,24-35,38,62-64H2,1-6H3,(H,65,71)(H,66,70)(H,67,74)(H,68,72)(H,69,73)(H,75,76);3*(H,6,7)/t41-,46+,47+,48+,49-,50-,54-,55-;;;/m0.../s1. The lowest BCUT2D eigenvalue weighted by Crippen LogP contribution is -2.60. The maximum Gasteiger partial charge on any atom is 0.490 e. The average Bonchev–Trinajstić information content (AvgIpc) is 0.817. The van der Waals surface area contributed by atoms with E-state index >= 15 is 0 Å². The van der Waals surface area contributed by atoms with Crippen LogP contribution in [-0.4, -0.2) is 167 Å². The Bertz CT molecular complexity index is 3070. The number of carbonyl (C=O) groups excluding carboxylic acids is 5. The van der Waals surface area contributed by atoms with Crippen molar-refractivity contribution in [1.29, 1.82) is 0 Å². The lowest BCUT2D eigenvalue weighted by molar-refractivity contribution is -0.193. The number of carbonyl (C=O) groups is 9. The third kappa shape index (κ3) is 37.9. The predicted molar refractivity (Wildman–Crippen MR) is 357 cm³/mol. The van der Waals surface area contributed by atoms with E-state index in [1.165, 1.54) is 0 Å². The summed E-state index contributed by atoms with van der Waals surface area (Å²) in [5, 5.41) is 44.7. The van der Waals surface area contributed by atoms with E-state index in [0.29, 0.717) is 50.7 Å². The molecule has 0 radical (unpaired) electrons. The van der Waals surface area contributed by atoms with E-state index in [9.17, 15) is 73.4 Å². The van der Waals surface area contributed by atoms with Gasteiger partial charge in [0.25, 0.3) is 5.91 Å². The van der Waals surface area contributed by atoms with Crippen LogP contribution in [0.25, 0.3) is 0 Å². The van der Waals surface area contributed by atoms with Crippen molar-refractivity contribution in [2.24, 2.45) is 35.0 Å². The second kappa shape index (κ2) is 45.8. The first-order valence-electron chi connectivity index (χ1n) is 31.8. The minimum atomic E-state index is -5.08. The molecule has 0 aromatic heterocycles. The van der Waals surface area contributed by atoms with Gasteiger partial charge in [-0.3, -0.25) is 24.0 Å². The predicted octanol–water partition coefficient (Wildman–Crippen LogP) is 7.82. The number of benzene rings is 4. The van der Waals surface area contributed by atoms with Crippen LogP contribution in [0.15, 0.2) is 103 Å². The summed E-state index contributed by atoms with van der Waals surface area (Å²) in [6.45, 7) is 11.5. The van der Waals surface area contributed by atoms with Gasteiger partial charge in [0.15, 0.2) is 11.5 Å². The number of alkyl halides is 9. The zero-order chi connectivity index (χ0) is 76.8. The van der Waals surface area contributed by atoms with Gasteiger partial charge in [-0.2, -0.15) is 52.1 Å². The number of thiol groups is 1. The molecule has 5 amide bonds. The Morgan fingerprint density at radius 2 is 0.881 bits per heavy atom. The van der Waals surface area contributed by atoms with E-state index in [1.807, 2.05) is 112 Å². The zero-order valence-corrected chi connectivity index (χ0v) is 57.4. The summed E-state index contributed by atoms with van der Waals surface area (Å²) >= 11 is 4.32. The van der Waals surface area contributed by atoms with Crippen LogP contribution in [0.2, 0.25) is 0 Å². The van der Waals surface area contributed by atoms with Crippen LogP contribution in [0.4, 0.5) is 39.5 Å². The first-order chi connectivity index (χ1) is 47.1. The Labute approximate surface area is 584 Å². The highest BCUT2D eigenvalue weighted by Crippen LogP contribution is 2.40. The molecule has 0 fully saturated rings. The molecule has 0 unspecified atom stereocenters. The van der Waals surface area contributed by atoms with Gasteiger partial charge in [-0.25, -0.2) is 19.2 Å². The highest BCUT2D eigenvalue weighted by Gasteiger charge is 2.40. The smallest absolute Gasteiger partial charge is 0.489 e. The maximum atomic E-state index is 14.0. The topological polar surface area (TPSA) is 400 Å². The first kappa shape index (κ1) is 90.1. The summed E-state index contributed by atoms with van der Waals surface area (Å²) in [7, 11) is 0. The molecule has 4 aromatic rings. The van der Waals surface area contributed by atoms with Crippen molar-refractivity contribution < 1.29 is 117 Å². The number of nitrogens with two attached hydrogens (primary N) is 3. The molecule has 15 N–H and O–H groups in total. The Balaban J connectivity index is 0.00000209. The third-order valence-corrected chi connectivity index (χ3v) is 14.7. The van der Waals surface area contributed by atoms with Crippen LogP contribution in [0.3, 0.4) is 0 Å². The molecule has 4 aromatic carbocycles. The minimum Gasteiger partial charge on any atom is -0.489 e. The number of amides is 5. The zero-order valence-electron chi connectivity index (χ0n) is 56.5. The van der Waals surface area contributed by atoms with Crippen LogP contribution in [0.1, 0.15) is 114 Å². The van der Waals surface area contributed by atoms with E-state index in [-0.39, 0.29) is 98.4 Å². The molecule has 0 aliphatic carbocycles. The maximum absolute atomic E-state index is 14.0. The summed E-state index contributed by atoms with van der Waals surface area (Å²) in [6, 6.07) is 28.0. The summed E-state index contributed by atoms with van der Waals surface area (Å²) < 4.78 is 114. The number of carboxylic acid groups (broad SMARTS) is 4. The van der Waals surface area contributed by atoms with Crippen molar-refractivity contribution in [1.82, 2.24) is 26.6 Å². The molecule has 0 bridgehead atoms. The van der Waals surface area contributed by atoms with Gasteiger partial charge in [-0.1, -0.05) is 139 Å². The molecule has 34 heteroatoms. The van der Waals surface area contributed by atoms with Gasteiger partial charge in [0.1, 0.15) is 24.2 Å². The second-order valence-electron chi connectivity index (χ2n) is 23.8. The van der Waals surface area contributed by atoms with E-state index in [1.54, 1.807) is 32.9 Å². The number of ether oxygens (including phenoxy) is 3. The van der Waals surface area contributed by atoms with Crippen LogP contribution >= 0.6 is 12.6 Å². The summed E-state index contributed by atoms with van der Waals surface area (Å²) in [5.74, 6) is -12.4. The fourth-order valence-electron chi connectivity index (χ4n) is 8.78. The lowest BCUT2D eigenvalue weighted by Gasteiger charge is -2.30. The SMILES string of the molecule is CC[C@H](C)[C@H](NC(=O)[C@@H](NC(=O)[C@H](CS)NC(=O)CCCNC(=O)c1cc(OCC[C@@H](N)Cc2ccccc2)c(OCC[C@@H](N)Cc2ccccc2)c(OCC[C@@H](N)Cc2ccccc2)c1)C(C)C)C(=O)N[C@@H](CC(C)C)C(=O)O.O=C(O)C(F)(F)F.O=C(O)C(F)(F)F.O=C(O)C(F)(F)F. The molecule has 0 saturated carbocycles. The number of hydrogen-bond acceptors (Lipinski definition) is 16. The van der Waals surface area contributed by atoms with Gasteiger partial charge in [0.2, 0.25) is 29.4 Å². The molecule has 0 saturated heterocycles. The normalized spacial score (nSPS) is 13.7. The Hall–Kier alpha value is -8.89. The van der Waals surface area contributed by atoms with Gasteiger partial charge in [-0.15, -0.1) is 0 Å². The molecular formula is C67H91F9N8O16S. The highest BCUT2D eigenvalue weighted by molar-refractivity contribution is 7.80. The van der Waals surface area contributed by atoms with Gasteiger partial charge in [-0.05, 0) is 97.9 Å². The molecule has 24 nitrogen and oxygen atoms in total. The first-order valence-corrected chi connectivity index (χ1v) is 32.4. The highest BCUT2D eigenvalue weighted by atomic mass is 32.1. The van der Waals surface area contributed by atoms with Crippen LogP contribution in [0, 0.1) is 17.8 Å². The van der Waals surface area contributed by atoms with Crippen molar-refractivity contribution in [2.75, 3.05) is 32.1 Å². The monoisotopic (exact) mass is 1470 g/mol. The van der Waals surface area contributed by atoms with E-state index < -0.39 is 102 Å². The molecule has 564 valence electrons. The molecule has 0 spiro atoms. The Kier molecular flexibility index (Phi) is 40.9. The number of nitrogens with one attached hydrogen (secondary N) is 5. The quantitative estimate of drug-likeness (QED) is 0.0116. The molecule has 4 rings (SSSR count). The van der Waals surface area contributed by atoms with Gasteiger partial charge >= 0.3 is 42.4 Å². The minimum absolute atomic E-state index is 0.0127. The summed E-state index contributed by atoms with van der Waals surface area (Å²) in [5.41, 5.74) is 23.2. The van der Waals surface area contributed by atoms with E-state index in [2.05, 4.69) is 39.2 Å². The van der Waals surface area contributed by atoms with Crippen molar-refractivity contribution in [3.63, 3.8) is 0 Å². The largest absolute Gasteiger partial charge is 0.490 e. The molecule has 101 heavy (non-hydrogen) atoms. The number of rotatable bonds is 37. The van der Waals surface area contributed by atoms with E-state index in [4.69, 9.17) is 61.1 Å². The van der Waals surface area contributed by atoms with Gasteiger partial charge < -0.3 is 78.4 Å². The molecule has 0 aliphatic rings. The molecule has 0 heterocycles.